The Hall–Kier alpha value is -3.70. The molecule has 4 fully saturated rings. The molecule has 212 valence electrons. The molecule has 0 bridgehead atoms. The van der Waals surface area contributed by atoms with Crippen LogP contribution in [0.15, 0.2) is 73.1 Å². The number of benzene rings is 3. The van der Waals surface area contributed by atoms with E-state index in [0.717, 1.165) is 35.0 Å². The summed E-state index contributed by atoms with van der Waals surface area (Å²) >= 11 is 0. The molecule has 6 atom stereocenters. The normalized spacial score (nSPS) is 28.5. The van der Waals surface area contributed by atoms with Crippen molar-refractivity contribution in [2.24, 2.45) is 17.8 Å². The van der Waals surface area contributed by atoms with E-state index in [1.165, 1.54) is 96.6 Å². The molecule has 3 aromatic carbocycles. The predicted molar refractivity (Wildman–Crippen MR) is 169 cm³/mol. The number of aromatic amines is 2. The Bertz CT molecular complexity index is 1720. The first-order valence-electron chi connectivity index (χ1n) is 16.2. The van der Waals surface area contributed by atoms with Gasteiger partial charge in [0.2, 0.25) is 0 Å². The molecule has 3 heterocycles. The van der Waals surface area contributed by atoms with Crippen molar-refractivity contribution in [1.82, 2.24) is 25.3 Å². The van der Waals surface area contributed by atoms with Gasteiger partial charge in [-0.05, 0) is 89.5 Å². The van der Waals surface area contributed by atoms with Crippen LogP contribution in [0, 0.1) is 17.8 Å². The average molecular weight is 554 g/mol. The van der Waals surface area contributed by atoms with Crippen molar-refractivity contribution >= 4 is 10.8 Å². The van der Waals surface area contributed by atoms with E-state index < -0.39 is 0 Å². The van der Waals surface area contributed by atoms with Crippen LogP contribution in [0.2, 0.25) is 0 Å². The van der Waals surface area contributed by atoms with Crippen LogP contribution in [-0.2, 0) is 0 Å². The fraction of sp³-hybridized carbons (Fsp3) is 0.405. The van der Waals surface area contributed by atoms with Gasteiger partial charge < -0.3 is 15.3 Å². The molecule has 3 aliphatic carbocycles. The fourth-order valence-electron chi connectivity index (χ4n) is 8.93. The summed E-state index contributed by atoms with van der Waals surface area (Å²) in [5.41, 5.74) is 7.11. The zero-order chi connectivity index (χ0) is 27.6. The zero-order valence-electron chi connectivity index (χ0n) is 24.2. The SMILES string of the molecule is c1cc(-c2cnc(C3C[C@H]4CCC[C@H]4C3)[nH]2)ccc1-c1ccc2cc(-c3cnc([C@@H]4C[C@@H]5CCC[C@@H]5N4)[nH]3)ccc2c1. The Balaban J connectivity index is 0.907. The maximum Gasteiger partial charge on any atom is 0.123 e. The van der Waals surface area contributed by atoms with E-state index in [1.54, 1.807) is 0 Å². The minimum atomic E-state index is 0.366. The van der Waals surface area contributed by atoms with Crippen LogP contribution in [-0.4, -0.2) is 26.0 Å². The predicted octanol–water partition coefficient (Wildman–Crippen LogP) is 8.78. The van der Waals surface area contributed by atoms with Crippen molar-refractivity contribution in [1.29, 1.82) is 0 Å². The molecule has 5 heteroatoms. The summed E-state index contributed by atoms with van der Waals surface area (Å²) < 4.78 is 0. The number of H-pyrrole nitrogens is 2. The van der Waals surface area contributed by atoms with Crippen LogP contribution in [0.5, 0.6) is 0 Å². The topological polar surface area (TPSA) is 69.4 Å². The van der Waals surface area contributed by atoms with Gasteiger partial charge in [-0.3, -0.25) is 0 Å². The lowest BCUT2D eigenvalue weighted by Crippen LogP contribution is -2.24. The molecule has 3 saturated carbocycles. The van der Waals surface area contributed by atoms with E-state index in [0.29, 0.717) is 18.0 Å². The first-order chi connectivity index (χ1) is 20.7. The highest BCUT2D eigenvalue weighted by Gasteiger charge is 2.39. The van der Waals surface area contributed by atoms with Gasteiger partial charge in [0.15, 0.2) is 0 Å². The lowest BCUT2D eigenvalue weighted by atomic mass is 9.98. The molecule has 0 spiro atoms. The van der Waals surface area contributed by atoms with Gasteiger partial charge in [0.05, 0.1) is 29.8 Å². The second-order valence-electron chi connectivity index (χ2n) is 13.6. The zero-order valence-corrected chi connectivity index (χ0v) is 24.2. The number of hydrogen-bond donors (Lipinski definition) is 3. The highest BCUT2D eigenvalue weighted by atomic mass is 15.1. The maximum absolute atomic E-state index is 4.81. The van der Waals surface area contributed by atoms with E-state index in [9.17, 15) is 0 Å². The smallest absolute Gasteiger partial charge is 0.123 e. The molecule has 5 nitrogen and oxygen atoms in total. The van der Waals surface area contributed by atoms with Crippen LogP contribution in [0.1, 0.15) is 81.4 Å². The first-order valence-corrected chi connectivity index (χ1v) is 16.2. The molecule has 5 aromatic rings. The van der Waals surface area contributed by atoms with Crippen molar-refractivity contribution in [3.05, 3.63) is 84.7 Å². The fourth-order valence-corrected chi connectivity index (χ4v) is 8.93. The molecular weight excluding hydrogens is 514 g/mol. The summed E-state index contributed by atoms with van der Waals surface area (Å²) in [6.07, 6.45) is 16.2. The monoisotopic (exact) mass is 553 g/mol. The van der Waals surface area contributed by atoms with Gasteiger partial charge in [0, 0.05) is 17.5 Å². The number of nitrogens with one attached hydrogen (secondary N) is 3. The number of aromatic nitrogens is 4. The summed E-state index contributed by atoms with van der Waals surface area (Å²) in [5, 5.41) is 6.32. The molecule has 4 aliphatic rings. The number of imidazole rings is 2. The second-order valence-corrected chi connectivity index (χ2v) is 13.6. The van der Waals surface area contributed by atoms with Crippen molar-refractivity contribution in [3.8, 4) is 33.6 Å². The Morgan fingerprint density at radius 1 is 0.548 bits per heavy atom. The van der Waals surface area contributed by atoms with Gasteiger partial charge in [-0.1, -0.05) is 74.2 Å². The highest BCUT2D eigenvalue weighted by Crippen LogP contribution is 2.50. The molecule has 0 amide bonds. The third-order valence-electron chi connectivity index (χ3n) is 11.2. The molecule has 1 aliphatic heterocycles. The molecular formula is C37H39N5. The maximum atomic E-state index is 4.81. The minimum Gasteiger partial charge on any atom is -0.342 e. The van der Waals surface area contributed by atoms with Crippen LogP contribution >= 0.6 is 0 Å². The Morgan fingerprint density at radius 3 is 1.93 bits per heavy atom. The van der Waals surface area contributed by atoms with Crippen LogP contribution < -0.4 is 5.32 Å². The summed E-state index contributed by atoms with van der Waals surface area (Å²) in [6, 6.07) is 23.5. The van der Waals surface area contributed by atoms with Crippen molar-refractivity contribution in [2.45, 2.75) is 75.8 Å². The lowest BCUT2D eigenvalue weighted by Gasteiger charge is -2.10. The van der Waals surface area contributed by atoms with Crippen LogP contribution in [0.3, 0.4) is 0 Å². The average Bonchev–Trinajstić information content (AvgIpc) is 3.84. The number of nitrogens with zero attached hydrogens (tertiary/aromatic N) is 2. The molecule has 9 rings (SSSR count). The number of fused-ring (bicyclic) bond motifs is 3. The standard InChI is InChI=1S/C37H39N5/c1-3-24-17-31(18-25(24)4-1)36-38-20-34(41-36)23-9-7-22(8-10-23)26-11-12-28-16-30(14-13-27(28)15-26)35-21-39-37(42-35)33-19-29-5-2-6-32(29)40-33/h7-16,20-21,24-25,29,31-33,40H,1-6,17-19H2,(H,38,41)(H,39,42)/t24-,25+,29-,31?,32-,33-/m0/s1. The molecule has 0 radical (unpaired) electrons. The van der Waals surface area contributed by atoms with Gasteiger partial charge in [-0.15, -0.1) is 0 Å². The third kappa shape index (κ3) is 4.32. The van der Waals surface area contributed by atoms with Crippen LogP contribution in [0.25, 0.3) is 44.4 Å². The van der Waals surface area contributed by atoms with Crippen molar-refractivity contribution < 1.29 is 0 Å². The van der Waals surface area contributed by atoms with E-state index in [-0.39, 0.29) is 0 Å². The summed E-state index contributed by atoms with van der Waals surface area (Å²) in [4.78, 5) is 16.9. The van der Waals surface area contributed by atoms with Gasteiger partial charge in [-0.2, -0.15) is 0 Å². The summed E-state index contributed by atoms with van der Waals surface area (Å²) in [6.45, 7) is 0. The van der Waals surface area contributed by atoms with Gasteiger partial charge in [0.25, 0.3) is 0 Å². The second kappa shape index (κ2) is 9.95. The van der Waals surface area contributed by atoms with E-state index in [1.807, 2.05) is 12.4 Å². The Morgan fingerprint density at radius 2 is 1.14 bits per heavy atom. The summed E-state index contributed by atoms with van der Waals surface area (Å²) in [5.74, 6) is 5.61. The molecule has 2 aromatic heterocycles. The Kier molecular flexibility index (Phi) is 5.89. The van der Waals surface area contributed by atoms with Gasteiger partial charge in [-0.25, -0.2) is 9.97 Å². The molecule has 1 unspecified atom stereocenters. The van der Waals surface area contributed by atoms with Gasteiger partial charge in [0.1, 0.15) is 11.6 Å². The molecule has 3 N–H and O–H groups in total. The third-order valence-corrected chi connectivity index (χ3v) is 11.2. The lowest BCUT2D eigenvalue weighted by molar-refractivity contribution is 0.457. The molecule has 42 heavy (non-hydrogen) atoms. The number of rotatable bonds is 5. The quantitative estimate of drug-likeness (QED) is 0.204. The van der Waals surface area contributed by atoms with Gasteiger partial charge >= 0.3 is 0 Å². The first kappa shape index (κ1) is 24.9. The minimum absolute atomic E-state index is 0.366. The molecule has 1 saturated heterocycles. The van der Waals surface area contributed by atoms with Crippen molar-refractivity contribution in [2.75, 3.05) is 0 Å². The number of hydrogen-bond acceptors (Lipinski definition) is 3. The van der Waals surface area contributed by atoms with Crippen molar-refractivity contribution in [3.63, 3.8) is 0 Å². The highest BCUT2D eigenvalue weighted by molar-refractivity contribution is 5.90. The van der Waals surface area contributed by atoms with E-state index >= 15 is 0 Å². The van der Waals surface area contributed by atoms with E-state index in [2.05, 4.69) is 75.9 Å². The largest absolute Gasteiger partial charge is 0.342 e. The summed E-state index contributed by atoms with van der Waals surface area (Å²) in [7, 11) is 0. The Labute approximate surface area is 247 Å². The van der Waals surface area contributed by atoms with E-state index in [4.69, 9.17) is 9.97 Å². The van der Waals surface area contributed by atoms with Crippen LogP contribution in [0.4, 0.5) is 0 Å².